The maximum absolute atomic E-state index is 13.9. The van der Waals surface area contributed by atoms with Gasteiger partial charge in [0.1, 0.15) is 11.3 Å². The number of rotatable bonds is 6. The first-order valence-corrected chi connectivity index (χ1v) is 11.8. The van der Waals surface area contributed by atoms with Crippen LogP contribution in [0.4, 0.5) is 6.01 Å². The minimum Gasteiger partial charge on any atom is -0.496 e. The highest BCUT2D eigenvalue weighted by Gasteiger charge is 2.54. The van der Waals surface area contributed by atoms with E-state index in [0.29, 0.717) is 24.4 Å². The normalized spacial score (nSPS) is 20.9. The van der Waals surface area contributed by atoms with Crippen LogP contribution in [0.15, 0.2) is 71.1 Å². The summed E-state index contributed by atoms with van der Waals surface area (Å²) in [6.07, 6.45) is 1.18. The van der Waals surface area contributed by atoms with E-state index in [0.717, 1.165) is 45.6 Å². The van der Waals surface area contributed by atoms with Crippen LogP contribution in [0.25, 0.3) is 22.2 Å². The van der Waals surface area contributed by atoms with Crippen molar-refractivity contribution in [3.05, 3.63) is 77.9 Å². The number of hydrogen-bond donors (Lipinski definition) is 1. The molecule has 1 saturated carbocycles. The lowest BCUT2D eigenvalue weighted by Crippen LogP contribution is -2.42. The molecule has 1 amide bonds. The molecule has 4 aromatic rings. The highest BCUT2D eigenvalue weighted by Crippen LogP contribution is 2.50. The Balaban J connectivity index is 1.28. The topological polar surface area (TPSA) is 67.6 Å². The van der Waals surface area contributed by atoms with Gasteiger partial charge < -0.3 is 19.4 Å². The lowest BCUT2D eigenvalue weighted by atomic mass is 9.95. The maximum atomic E-state index is 13.9. The van der Waals surface area contributed by atoms with Gasteiger partial charge in [0.25, 0.3) is 11.9 Å². The molecule has 0 spiro atoms. The molecule has 0 unspecified atom stereocenters. The first-order valence-electron chi connectivity index (χ1n) is 11.8. The summed E-state index contributed by atoms with van der Waals surface area (Å²) in [4.78, 5) is 20.5. The summed E-state index contributed by atoms with van der Waals surface area (Å²) in [7, 11) is 1.66. The number of aromatic nitrogens is 1. The van der Waals surface area contributed by atoms with E-state index < -0.39 is 0 Å². The van der Waals surface area contributed by atoms with Gasteiger partial charge in [0.05, 0.1) is 13.2 Å². The predicted molar refractivity (Wildman–Crippen MR) is 132 cm³/mol. The fourth-order valence-electron chi connectivity index (χ4n) is 5.30. The van der Waals surface area contributed by atoms with Crippen LogP contribution < -0.4 is 10.1 Å². The number of fused-ring (bicyclic) bond motifs is 2. The summed E-state index contributed by atoms with van der Waals surface area (Å²) >= 11 is 0. The third kappa shape index (κ3) is 3.59. The van der Waals surface area contributed by atoms with E-state index in [2.05, 4.69) is 10.3 Å². The molecule has 3 atom stereocenters. The molecule has 2 heterocycles. The van der Waals surface area contributed by atoms with Gasteiger partial charge in [-0.15, -0.1) is 0 Å². The Morgan fingerprint density at radius 1 is 1.12 bits per heavy atom. The molecule has 1 aliphatic heterocycles. The van der Waals surface area contributed by atoms with E-state index in [-0.39, 0.29) is 11.9 Å². The van der Waals surface area contributed by atoms with Crippen molar-refractivity contribution < 1.29 is 13.9 Å². The quantitative estimate of drug-likeness (QED) is 0.424. The number of methoxy groups -OCH3 is 1. The third-order valence-electron chi connectivity index (χ3n) is 7.12. The Bertz CT molecular complexity index is 1350. The van der Waals surface area contributed by atoms with Gasteiger partial charge in [-0.3, -0.25) is 4.79 Å². The number of aryl methyl sites for hydroxylation is 1. The number of para-hydroxylation sites is 3. The number of amides is 1. The summed E-state index contributed by atoms with van der Waals surface area (Å²) in [5, 5.41) is 3.35. The van der Waals surface area contributed by atoms with E-state index in [4.69, 9.17) is 9.15 Å². The van der Waals surface area contributed by atoms with Gasteiger partial charge in [0, 0.05) is 24.2 Å². The van der Waals surface area contributed by atoms with Crippen LogP contribution in [0.2, 0.25) is 0 Å². The second-order valence-electron chi connectivity index (χ2n) is 9.30. The Labute approximate surface area is 198 Å². The van der Waals surface area contributed by atoms with Crippen molar-refractivity contribution in [2.24, 2.45) is 11.8 Å². The Morgan fingerprint density at radius 3 is 2.79 bits per heavy atom. The van der Waals surface area contributed by atoms with E-state index in [1.54, 1.807) is 7.11 Å². The zero-order valence-electron chi connectivity index (χ0n) is 19.3. The highest BCUT2D eigenvalue weighted by molar-refractivity contribution is 6.02. The Kier molecular flexibility index (Phi) is 5.01. The molecule has 1 aromatic heterocycles. The van der Waals surface area contributed by atoms with Crippen molar-refractivity contribution in [1.29, 1.82) is 0 Å². The molecule has 1 N–H and O–H groups in total. The number of piperidine rings is 1. The maximum Gasteiger partial charge on any atom is 0.295 e. The molecular weight excluding hydrogens is 426 g/mol. The number of carbonyl (C=O) groups excluding carboxylic acids is 1. The number of nitrogens with one attached hydrogen (secondary N) is 1. The van der Waals surface area contributed by atoms with Gasteiger partial charge in [0.2, 0.25) is 0 Å². The standard InChI is InChI=1S/C28H27N3O3/c1-17-11-12-19(20-7-3-5-9-25(20)33-2)22(13-17)27(32)31-16-18-14-21(18)24(31)15-29-28-30-23-8-4-6-10-26(23)34-28/h3-13,18,21,24H,14-16H2,1-2H3,(H,29,30)/t18-,21-,24-/m1/s1. The molecule has 3 aromatic carbocycles. The first kappa shape index (κ1) is 20.8. The molecule has 6 rings (SSSR count). The average molecular weight is 454 g/mol. The molecule has 0 radical (unpaired) electrons. The Hall–Kier alpha value is -3.80. The van der Waals surface area contributed by atoms with Gasteiger partial charge >= 0.3 is 0 Å². The molecule has 1 saturated heterocycles. The number of hydrogen-bond acceptors (Lipinski definition) is 5. The molecule has 6 heteroatoms. The van der Waals surface area contributed by atoms with E-state index in [9.17, 15) is 4.79 Å². The molecule has 2 fully saturated rings. The minimum absolute atomic E-state index is 0.0705. The van der Waals surface area contributed by atoms with Gasteiger partial charge in [-0.2, -0.15) is 4.98 Å². The van der Waals surface area contributed by atoms with E-state index in [1.165, 1.54) is 6.42 Å². The lowest BCUT2D eigenvalue weighted by Gasteiger charge is -2.29. The minimum atomic E-state index is 0.0705. The summed E-state index contributed by atoms with van der Waals surface area (Å²) < 4.78 is 11.4. The Morgan fingerprint density at radius 2 is 1.94 bits per heavy atom. The number of anilines is 1. The number of ether oxygens (including phenoxy) is 1. The van der Waals surface area contributed by atoms with Crippen molar-refractivity contribution in [2.75, 3.05) is 25.5 Å². The smallest absolute Gasteiger partial charge is 0.295 e. The molecule has 2 aliphatic rings. The van der Waals surface area contributed by atoms with Crippen LogP contribution in [0.3, 0.4) is 0 Å². The first-order chi connectivity index (χ1) is 16.6. The van der Waals surface area contributed by atoms with E-state index >= 15 is 0 Å². The number of nitrogens with zero attached hydrogens (tertiary/aromatic N) is 2. The fraction of sp³-hybridized carbons (Fsp3) is 0.286. The molecule has 1 aliphatic carbocycles. The number of carbonyl (C=O) groups is 1. The number of likely N-dealkylation sites (tertiary alicyclic amines) is 1. The van der Waals surface area contributed by atoms with Crippen molar-refractivity contribution >= 4 is 23.0 Å². The molecule has 6 nitrogen and oxygen atoms in total. The predicted octanol–water partition coefficient (Wildman–Crippen LogP) is 5.38. The van der Waals surface area contributed by atoms with Crippen LogP contribution in [-0.2, 0) is 0 Å². The molecule has 0 bridgehead atoms. The third-order valence-corrected chi connectivity index (χ3v) is 7.12. The van der Waals surface area contributed by atoms with Gasteiger partial charge in [-0.1, -0.05) is 48.0 Å². The fourth-order valence-corrected chi connectivity index (χ4v) is 5.30. The summed E-state index contributed by atoms with van der Waals surface area (Å²) in [6, 6.07) is 22.3. The van der Waals surface area contributed by atoms with Crippen molar-refractivity contribution in [3.8, 4) is 16.9 Å². The molecule has 34 heavy (non-hydrogen) atoms. The number of benzene rings is 3. The number of oxazole rings is 1. The highest BCUT2D eigenvalue weighted by atomic mass is 16.5. The zero-order valence-corrected chi connectivity index (χ0v) is 19.3. The summed E-state index contributed by atoms with van der Waals surface area (Å²) in [5.41, 5.74) is 5.20. The lowest BCUT2D eigenvalue weighted by molar-refractivity contribution is 0.0715. The van der Waals surface area contributed by atoms with Crippen molar-refractivity contribution in [2.45, 2.75) is 19.4 Å². The van der Waals surface area contributed by atoms with Crippen molar-refractivity contribution in [3.63, 3.8) is 0 Å². The second-order valence-corrected chi connectivity index (χ2v) is 9.30. The van der Waals surface area contributed by atoms with Gasteiger partial charge in [-0.05, 0) is 55.0 Å². The SMILES string of the molecule is COc1ccccc1-c1ccc(C)cc1C(=O)N1C[C@H]2C[C@H]2[C@H]1CNc1nc2ccccc2o1. The molecular formula is C28H27N3O3. The monoisotopic (exact) mass is 453 g/mol. The zero-order chi connectivity index (χ0) is 23.2. The second kappa shape index (κ2) is 8.20. The van der Waals surface area contributed by atoms with Gasteiger partial charge in [-0.25, -0.2) is 0 Å². The van der Waals surface area contributed by atoms with E-state index in [1.807, 2.05) is 78.6 Å². The van der Waals surface area contributed by atoms with Gasteiger partial charge in [0.15, 0.2) is 5.58 Å². The van der Waals surface area contributed by atoms with Crippen LogP contribution in [0.5, 0.6) is 5.75 Å². The van der Waals surface area contributed by atoms with Crippen LogP contribution in [0, 0.1) is 18.8 Å². The summed E-state index contributed by atoms with van der Waals surface area (Å²) in [6.45, 7) is 3.44. The van der Waals surface area contributed by atoms with Crippen LogP contribution in [-0.4, -0.2) is 42.0 Å². The van der Waals surface area contributed by atoms with Crippen LogP contribution >= 0.6 is 0 Å². The summed E-state index contributed by atoms with van der Waals surface area (Å²) in [5.74, 6) is 1.94. The largest absolute Gasteiger partial charge is 0.496 e. The molecule has 172 valence electrons. The van der Waals surface area contributed by atoms with Crippen LogP contribution in [0.1, 0.15) is 22.3 Å². The average Bonchev–Trinajstić information content (AvgIpc) is 3.35. The van der Waals surface area contributed by atoms with Crippen molar-refractivity contribution in [1.82, 2.24) is 9.88 Å².